The second-order valence-electron chi connectivity index (χ2n) is 3.58. The van der Waals surface area contributed by atoms with E-state index in [4.69, 9.17) is 4.74 Å². The average molecular weight is 157 g/mol. The van der Waals surface area contributed by atoms with E-state index in [1.807, 2.05) is 13.8 Å². The quantitative estimate of drug-likeness (QED) is 0.574. The summed E-state index contributed by atoms with van der Waals surface area (Å²) >= 11 is 0. The van der Waals surface area contributed by atoms with Crippen LogP contribution in [0.1, 0.15) is 27.2 Å². The van der Waals surface area contributed by atoms with Crippen molar-refractivity contribution in [2.24, 2.45) is 5.41 Å². The maximum Gasteiger partial charge on any atom is 0.0706 e. The first kappa shape index (κ1) is 9.01. The molecule has 2 fully saturated rings. The molecule has 0 amide bonds. The molecule has 2 bridgehead atoms. The van der Waals surface area contributed by atoms with E-state index in [1.54, 1.807) is 0 Å². The highest BCUT2D eigenvalue weighted by Crippen LogP contribution is 2.33. The molecular weight excluding hydrogens is 138 g/mol. The highest BCUT2D eigenvalue weighted by molar-refractivity contribution is 4.91. The molecule has 2 heteroatoms. The van der Waals surface area contributed by atoms with Gasteiger partial charge in [0.1, 0.15) is 0 Å². The number of hydrogen-bond donors (Lipinski definition) is 1. The SMILES string of the molecule is CC.CC12CNCC(C1)OC2. The maximum absolute atomic E-state index is 5.52. The zero-order chi connectivity index (χ0) is 8.32. The second-order valence-corrected chi connectivity index (χ2v) is 3.58. The molecule has 2 nitrogen and oxygen atoms in total. The molecule has 0 aliphatic carbocycles. The van der Waals surface area contributed by atoms with Gasteiger partial charge in [0.05, 0.1) is 12.7 Å². The van der Waals surface area contributed by atoms with Gasteiger partial charge in [-0.15, -0.1) is 0 Å². The van der Waals surface area contributed by atoms with Gasteiger partial charge in [0.15, 0.2) is 0 Å². The topological polar surface area (TPSA) is 21.3 Å². The molecule has 1 N–H and O–H groups in total. The lowest BCUT2D eigenvalue weighted by Gasteiger charge is -2.26. The van der Waals surface area contributed by atoms with Crippen LogP contribution in [0.25, 0.3) is 0 Å². The Morgan fingerprint density at radius 1 is 1.45 bits per heavy atom. The van der Waals surface area contributed by atoms with E-state index in [0.29, 0.717) is 11.5 Å². The Kier molecular flexibility index (Phi) is 2.90. The Bertz CT molecular complexity index is 123. The number of rotatable bonds is 0. The van der Waals surface area contributed by atoms with E-state index >= 15 is 0 Å². The Morgan fingerprint density at radius 2 is 2.18 bits per heavy atom. The lowest BCUT2D eigenvalue weighted by Crippen LogP contribution is -2.40. The second kappa shape index (κ2) is 3.55. The summed E-state index contributed by atoms with van der Waals surface area (Å²) in [5.41, 5.74) is 0.461. The Hall–Kier alpha value is -0.0800. The third-order valence-electron chi connectivity index (χ3n) is 2.31. The first-order valence-electron chi connectivity index (χ1n) is 4.61. The third kappa shape index (κ3) is 1.94. The summed E-state index contributed by atoms with van der Waals surface area (Å²) in [6.45, 7) is 9.46. The molecule has 0 saturated carbocycles. The number of hydrogen-bond acceptors (Lipinski definition) is 2. The molecule has 0 aromatic rings. The van der Waals surface area contributed by atoms with Crippen molar-refractivity contribution in [3.8, 4) is 0 Å². The van der Waals surface area contributed by atoms with Gasteiger partial charge in [-0.1, -0.05) is 20.8 Å². The van der Waals surface area contributed by atoms with Crippen molar-refractivity contribution in [2.45, 2.75) is 33.3 Å². The summed E-state index contributed by atoms with van der Waals surface area (Å²) in [5.74, 6) is 0. The number of fused-ring (bicyclic) bond motifs is 2. The Morgan fingerprint density at radius 3 is 2.73 bits per heavy atom. The molecule has 0 aromatic carbocycles. The van der Waals surface area contributed by atoms with Gasteiger partial charge in [-0.3, -0.25) is 0 Å². The summed E-state index contributed by atoms with van der Waals surface area (Å²) < 4.78 is 5.52. The molecule has 2 aliphatic rings. The molecule has 2 rings (SSSR count). The van der Waals surface area contributed by atoms with E-state index in [-0.39, 0.29) is 0 Å². The van der Waals surface area contributed by atoms with Crippen LogP contribution in [0.4, 0.5) is 0 Å². The van der Waals surface area contributed by atoms with Crippen LogP contribution in [0.15, 0.2) is 0 Å². The summed E-state index contributed by atoms with van der Waals surface area (Å²) in [6.07, 6.45) is 1.78. The predicted octanol–water partition coefficient (Wildman–Crippen LogP) is 1.41. The molecule has 0 aromatic heterocycles. The maximum atomic E-state index is 5.52. The molecule has 0 radical (unpaired) electrons. The molecule has 2 unspecified atom stereocenters. The molecule has 2 aliphatic heterocycles. The smallest absolute Gasteiger partial charge is 0.0706 e. The van der Waals surface area contributed by atoms with Gasteiger partial charge in [0.25, 0.3) is 0 Å². The first-order valence-corrected chi connectivity index (χ1v) is 4.61. The van der Waals surface area contributed by atoms with Crippen molar-refractivity contribution in [3.63, 3.8) is 0 Å². The minimum atomic E-state index is 0.461. The summed E-state index contributed by atoms with van der Waals surface area (Å²) in [5, 5.41) is 3.36. The molecule has 2 saturated heterocycles. The van der Waals surface area contributed by atoms with Gasteiger partial charge in [0.2, 0.25) is 0 Å². The number of nitrogens with one attached hydrogen (secondary N) is 1. The molecule has 66 valence electrons. The largest absolute Gasteiger partial charge is 0.376 e. The zero-order valence-corrected chi connectivity index (χ0v) is 7.81. The van der Waals surface area contributed by atoms with Crippen molar-refractivity contribution in [3.05, 3.63) is 0 Å². The van der Waals surface area contributed by atoms with Gasteiger partial charge < -0.3 is 10.1 Å². The minimum absolute atomic E-state index is 0.461. The van der Waals surface area contributed by atoms with Gasteiger partial charge in [0, 0.05) is 18.5 Å². The van der Waals surface area contributed by atoms with Crippen molar-refractivity contribution < 1.29 is 4.74 Å². The fraction of sp³-hybridized carbons (Fsp3) is 1.00. The van der Waals surface area contributed by atoms with E-state index in [9.17, 15) is 0 Å². The van der Waals surface area contributed by atoms with Crippen LogP contribution >= 0.6 is 0 Å². The Labute approximate surface area is 69.3 Å². The summed E-state index contributed by atoms with van der Waals surface area (Å²) in [4.78, 5) is 0. The van der Waals surface area contributed by atoms with Crippen LogP contribution in [0.3, 0.4) is 0 Å². The zero-order valence-electron chi connectivity index (χ0n) is 7.81. The number of ether oxygens (including phenoxy) is 1. The monoisotopic (exact) mass is 157 g/mol. The first-order chi connectivity index (χ1) is 5.29. The lowest BCUT2D eigenvalue weighted by atomic mass is 9.85. The van der Waals surface area contributed by atoms with Gasteiger partial charge in [-0.05, 0) is 6.42 Å². The fourth-order valence-corrected chi connectivity index (χ4v) is 1.78. The summed E-state index contributed by atoms with van der Waals surface area (Å²) in [7, 11) is 0. The van der Waals surface area contributed by atoms with Gasteiger partial charge in [-0.25, -0.2) is 0 Å². The lowest BCUT2D eigenvalue weighted by molar-refractivity contribution is 0.112. The van der Waals surface area contributed by atoms with Crippen LogP contribution in [0.5, 0.6) is 0 Å². The van der Waals surface area contributed by atoms with E-state index in [0.717, 1.165) is 19.7 Å². The van der Waals surface area contributed by atoms with Crippen LogP contribution in [-0.4, -0.2) is 25.8 Å². The average Bonchev–Trinajstić information content (AvgIpc) is 2.30. The van der Waals surface area contributed by atoms with Gasteiger partial charge in [-0.2, -0.15) is 0 Å². The van der Waals surface area contributed by atoms with Crippen LogP contribution < -0.4 is 5.32 Å². The van der Waals surface area contributed by atoms with E-state index in [1.165, 1.54) is 6.42 Å². The third-order valence-corrected chi connectivity index (χ3v) is 2.31. The fourth-order valence-electron chi connectivity index (χ4n) is 1.78. The van der Waals surface area contributed by atoms with Crippen molar-refractivity contribution in [1.29, 1.82) is 0 Å². The van der Waals surface area contributed by atoms with E-state index in [2.05, 4.69) is 12.2 Å². The van der Waals surface area contributed by atoms with Crippen molar-refractivity contribution in [2.75, 3.05) is 19.7 Å². The van der Waals surface area contributed by atoms with Gasteiger partial charge >= 0.3 is 0 Å². The normalized spacial score (nSPS) is 41.2. The molecule has 2 atom stereocenters. The number of piperidine rings is 1. The molecule has 0 spiro atoms. The molecular formula is C9H19NO. The van der Waals surface area contributed by atoms with E-state index < -0.39 is 0 Å². The van der Waals surface area contributed by atoms with Crippen molar-refractivity contribution >= 4 is 0 Å². The van der Waals surface area contributed by atoms with Crippen LogP contribution in [0, 0.1) is 5.41 Å². The molecule has 2 heterocycles. The highest BCUT2D eigenvalue weighted by Gasteiger charge is 2.38. The predicted molar refractivity (Wildman–Crippen MR) is 46.7 cm³/mol. The van der Waals surface area contributed by atoms with Crippen LogP contribution in [-0.2, 0) is 4.74 Å². The van der Waals surface area contributed by atoms with Crippen LogP contribution in [0.2, 0.25) is 0 Å². The standard InChI is InChI=1S/C7H13NO.C2H6/c1-7-2-6(9-5-7)3-8-4-7;1-2/h6,8H,2-5H2,1H3;1-2H3. The Balaban J connectivity index is 0.000000281. The minimum Gasteiger partial charge on any atom is -0.376 e. The summed E-state index contributed by atoms with van der Waals surface area (Å²) in [6, 6.07) is 0. The highest BCUT2D eigenvalue weighted by atomic mass is 16.5. The molecule has 11 heavy (non-hydrogen) atoms. The van der Waals surface area contributed by atoms with Crippen molar-refractivity contribution in [1.82, 2.24) is 5.32 Å².